The highest BCUT2D eigenvalue weighted by molar-refractivity contribution is 5.90. The average molecular weight is 345 g/mol. The molecule has 5 nitrogen and oxygen atoms in total. The van der Waals surface area contributed by atoms with Crippen LogP contribution in [0.3, 0.4) is 0 Å². The Morgan fingerprint density at radius 2 is 2.04 bits per heavy atom. The molecule has 0 unspecified atom stereocenters. The summed E-state index contributed by atoms with van der Waals surface area (Å²) in [5.41, 5.74) is 0.0884. The number of benzene rings is 1. The molecule has 0 radical (unpaired) electrons. The second kappa shape index (κ2) is 6.35. The van der Waals surface area contributed by atoms with Gasteiger partial charge in [-0.2, -0.15) is 0 Å². The fraction of sp³-hybridized carbons (Fsp3) is 0.368. The summed E-state index contributed by atoms with van der Waals surface area (Å²) in [6.45, 7) is 1.75. The zero-order valence-corrected chi connectivity index (χ0v) is 14.2. The third kappa shape index (κ3) is 3.04. The standard InChI is InChI=1S/C19H20FNO4/c1-12-16(17(22)23)10-15(25-12)11-21(2)18(24)19(7-4-8-19)13-5-3-6-14(20)9-13/h3,5-6,9-10H,4,7-8,11H2,1-2H3,(H,22,23). The predicted molar refractivity (Wildman–Crippen MR) is 88.8 cm³/mol. The second-order valence-electron chi connectivity index (χ2n) is 6.59. The van der Waals surface area contributed by atoms with Crippen LogP contribution >= 0.6 is 0 Å². The first kappa shape index (κ1) is 17.2. The first-order valence-electron chi connectivity index (χ1n) is 8.18. The monoisotopic (exact) mass is 345 g/mol. The van der Waals surface area contributed by atoms with Crippen LogP contribution < -0.4 is 0 Å². The summed E-state index contributed by atoms with van der Waals surface area (Å²) in [5.74, 6) is -0.787. The number of rotatable bonds is 5. The Morgan fingerprint density at radius 3 is 2.56 bits per heavy atom. The minimum absolute atomic E-state index is 0.0966. The Labute approximate surface area is 145 Å². The molecule has 132 valence electrons. The van der Waals surface area contributed by atoms with Crippen LogP contribution in [0.4, 0.5) is 4.39 Å². The zero-order chi connectivity index (χ0) is 18.2. The van der Waals surface area contributed by atoms with Gasteiger partial charge in [0.1, 0.15) is 22.9 Å². The van der Waals surface area contributed by atoms with E-state index in [1.807, 2.05) is 0 Å². The van der Waals surface area contributed by atoms with Crippen LogP contribution in [-0.4, -0.2) is 28.9 Å². The molecule has 0 spiro atoms. The van der Waals surface area contributed by atoms with E-state index < -0.39 is 11.4 Å². The van der Waals surface area contributed by atoms with Gasteiger partial charge in [0, 0.05) is 7.05 Å². The average Bonchev–Trinajstić information content (AvgIpc) is 2.87. The number of carboxylic acids is 1. The van der Waals surface area contributed by atoms with Gasteiger partial charge in [0.15, 0.2) is 0 Å². The lowest BCUT2D eigenvalue weighted by atomic mass is 9.63. The van der Waals surface area contributed by atoms with Crippen molar-refractivity contribution in [2.75, 3.05) is 7.05 Å². The molecule has 1 heterocycles. The topological polar surface area (TPSA) is 70.8 Å². The highest BCUT2D eigenvalue weighted by Gasteiger charge is 2.47. The van der Waals surface area contributed by atoms with Crippen molar-refractivity contribution in [1.29, 1.82) is 0 Å². The van der Waals surface area contributed by atoms with Crippen molar-refractivity contribution in [3.8, 4) is 0 Å². The van der Waals surface area contributed by atoms with Gasteiger partial charge in [-0.05, 0) is 43.5 Å². The molecule has 25 heavy (non-hydrogen) atoms. The summed E-state index contributed by atoms with van der Waals surface area (Å²) < 4.78 is 19.0. The maximum atomic E-state index is 13.6. The summed E-state index contributed by atoms with van der Waals surface area (Å²) in [4.78, 5) is 25.7. The number of hydrogen-bond acceptors (Lipinski definition) is 3. The molecule has 1 aromatic heterocycles. The Kier molecular flexibility index (Phi) is 4.37. The summed E-state index contributed by atoms with van der Waals surface area (Å²) in [7, 11) is 1.65. The van der Waals surface area contributed by atoms with Crippen molar-refractivity contribution >= 4 is 11.9 Å². The van der Waals surface area contributed by atoms with E-state index in [9.17, 15) is 14.0 Å². The summed E-state index contributed by atoms with van der Waals surface area (Å²) in [6.07, 6.45) is 2.27. The zero-order valence-electron chi connectivity index (χ0n) is 14.2. The molecule has 1 amide bonds. The third-order valence-corrected chi connectivity index (χ3v) is 4.93. The molecule has 0 aliphatic heterocycles. The summed E-state index contributed by atoms with van der Waals surface area (Å²) in [6, 6.07) is 7.63. The van der Waals surface area contributed by atoms with Crippen molar-refractivity contribution in [2.45, 2.75) is 38.1 Å². The largest absolute Gasteiger partial charge is 0.478 e. The van der Waals surface area contributed by atoms with Crippen LogP contribution in [0.15, 0.2) is 34.7 Å². The van der Waals surface area contributed by atoms with Gasteiger partial charge in [-0.25, -0.2) is 9.18 Å². The van der Waals surface area contributed by atoms with Crippen LogP contribution in [0.2, 0.25) is 0 Å². The first-order chi connectivity index (χ1) is 11.8. The number of furan rings is 1. The molecule has 1 aromatic carbocycles. The molecule has 6 heteroatoms. The number of likely N-dealkylation sites (N-methyl/N-ethyl adjacent to an activating group) is 1. The van der Waals surface area contributed by atoms with Crippen LogP contribution in [0.1, 0.15) is 46.7 Å². The van der Waals surface area contributed by atoms with Crippen LogP contribution in [0, 0.1) is 12.7 Å². The van der Waals surface area contributed by atoms with Crippen molar-refractivity contribution in [2.24, 2.45) is 0 Å². The van der Waals surface area contributed by atoms with Crippen molar-refractivity contribution in [3.63, 3.8) is 0 Å². The molecule has 3 rings (SSSR count). The van der Waals surface area contributed by atoms with Crippen LogP contribution in [0.5, 0.6) is 0 Å². The normalized spacial score (nSPS) is 15.5. The van der Waals surface area contributed by atoms with Crippen molar-refractivity contribution < 1.29 is 23.5 Å². The molecule has 1 N–H and O–H groups in total. The maximum absolute atomic E-state index is 13.6. The number of hydrogen-bond donors (Lipinski definition) is 1. The fourth-order valence-electron chi connectivity index (χ4n) is 3.45. The molecule has 0 bridgehead atoms. The van der Waals surface area contributed by atoms with Crippen molar-refractivity contribution in [1.82, 2.24) is 4.90 Å². The predicted octanol–water partition coefficient (Wildman–Crippen LogP) is 3.51. The Hall–Kier alpha value is -2.63. The van der Waals surface area contributed by atoms with E-state index in [1.54, 1.807) is 26.1 Å². The number of carboxylic acid groups (broad SMARTS) is 1. The van der Waals surface area contributed by atoms with Gasteiger partial charge < -0.3 is 14.4 Å². The van der Waals surface area contributed by atoms with Gasteiger partial charge in [-0.1, -0.05) is 18.6 Å². The summed E-state index contributed by atoms with van der Waals surface area (Å²) in [5, 5.41) is 9.10. The number of carbonyl (C=O) groups is 2. The lowest BCUT2D eigenvalue weighted by Gasteiger charge is -2.43. The lowest BCUT2D eigenvalue weighted by Crippen LogP contribution is -2.49. The molecule has 2 aromatic rings. The van der Waals surface area contributed by atoms with Crippen LogP contribution in [-0.2, 0) is 16.8 Å². The minimum atomic E-state index is -1.06. The first-order valence-corrected chi connectivity index (χ1v) is 8.18. The fourth-order valence-corrected chi connectivity index (χ4v) is 3.45. The van der Waals surface area contributed by atoms with E-state index in [-0.39, 0.29) is 23.8 Å². The molecule has 1 aliphatic rings. The second-order valence-corrected chi connectivity index (χ2v) is 6.59. The lowest BCUT2D eigenvalue weighted by molar-refractivity contribution is -0.140. The third-order valence-electron chi connectivity index (χ3n) is 4.93. The molecule has 1 fully saturated rings. The van der Waals surface area contributed by atoms with Crippen LogP contribution in [0.25, 0.3) is 0 Å². The number of halogens is 1. The molecule has 0 saturated heterocycles. The van der Waals surface area contributed by atoms with Gasteiger partial charge in [0.25, 0.3) is 0 Å². The van der Waals surface area contributed by atoms with Gasteiger partial charge in [-0.15, -0.1) is 0 Å². The van der Waals surface area contributed by atoms with E-state index in [0.717, 1.165) is 6.42 Å². The highest BCUT2D eigenvalue weighted by atomic mass is 19.1. The Bertz CT molecular complexity index is 823. The van der Waals surface area contributed by atoms with E-state index in [1.165, 1.54) is 23.1 Å². The quantitative estimate of drug-likeness (QED) is 0.900. The van der Waals surface area contributed by atoms with Gasteiger partial charge in [-0.3, -0.25) is 4.79 Å². The molecule has 1 saturated carbocycles. The number of nitrogens with zero attached hydrogens (tertiary/aromatic N) is 1. The minimum Gasteiger partial charge on any atom is -0.478 e. The summed E-state index contributed by atoms with van der Waals surface area (Å²) >= 11 is 0. The number of amides is 1. The molecular formula is C19H20FNO4. The smallest absolute Gasteiger partial charge is 0.339 e. The number of aryl methyl sites for hydroxylation is 1. The van der Waals surface area contributed by atoms with Gasteiger partial charge in [0.2, 0.25) is 5.91 Å². The molecule has 0 atom stereocenters. The highest BCUT2D eigenvalue weighted by Crippen LogP contribution is 2.45. The maximum Gasteiger partial charge on any atom is 0.339 e. The van der Waals surface area contributed by atoms with E-state index >= 15 is 0 Å². The van der Waals surface area contributed by atoms with E-state index in [4.69, 9.17) is 9.52 Å². The van der Waals surface area contributed by atoms with Gasteiger partial charge in [0.05, 0.1) is 12.0 Å². The number of aromatic carboxylic acids is 1. The molecule has 1 aliphatic carbocycles. The Morgan fingerprint density at radius 1 is 1.32 bits per heavy atom. The Balaban J connectivity index is 1.81. The SMILES string of the molecule is Cc1oc(CN(C)C(=O)C2(c3cccc(F)c3)CCC2)cc1C(=O)O. The number of carbonyl (C=O) groups excluding carboxylic acids is 1. The molecular weight excluding hydrogens is 325 g/mol. The van der Waals surface area contributed by atoms with Gasteiger partial charge >= 0.3 is 5.97 Å². The van der Waals surface area contributed by atoms with Crippen molar-refractivity contribution in [3.05, 3.63) is 58.8 Å². The van der Waals surface area contributed by atoms with E-state index in [2.05, 4.69) is 0 Å². The van der Waals surface area contributed by atoms with E-state index in [0.29, 0.717) is 29.9 Å².